The average Bonchev–Trinajstić information content (AvgIpc) is 2.13. The number of hydrogen-bond donors (Lipinski definition) is 2. The maximum absolute atomic E-state index is 11.1. The van der Waals surface area contributed by atoms with E-state index in [0.717, 1.165) is 6.54 Å². The number of likely N-dealkylation sites (N-methyl/N-ethyl adjacent to an activating group) is 1. The van der Waals surface area contributed by atoms with Gasteiger partial charge < -0.3 is 15.4 Å². The largest absolute Gasteiger partial charge is 0.467 e. The quantitative estimate of drug-likeness (QED) is 0.558. The molecular weight excluding hydrogens is 172 g/mol. The number of esters is 1. The molecule has 0 aliphatic carbocycles. The minimum Gasteiger partial charge on any atom is -0.467 e. The molecule has 0 heterocycles. The number of carbonyl (C=O) groups is 2. The van der Waals surface area contributed by atoms with Crippen molar-refractivity contribution < 1.29 is 14.3 Å². The van der Waals surface area contributed by atoms with Crippen LogP contribution in [0, 0.1) is 0 Å². The van der Waals surface area contributed by atoms with Crippen LogP contribution in [-0.2, 0) is 14.3 Å². The number of methoxy groups -OCH3 is 1. The van der Waals surface area contributed by atoms with Crippen LogP contribution >= 0.6 is 0 Å². The van der Waals surface area contributed by atoms with Crippen LogP contribution in [0.4, 0.5) is 0 Å². The molecule has 0 bridgehead atoms. The fourth-order valence-electron chi connectivity index (χ4n) is 0.767. The van der Waals surface area contributed by atoms with Gasteiger partial charge in [0, 0.05) is 0 Å². The maximum Gasteiger partial charge on any atom is 0.328 e. The Hall–Kier alpha value is -1.10. The minimum absolute atomic E-state index is 0.209. The first kappa shape index (κ1) is 11.9. The van der Waals surface area contributed by atoms with E-state index in [9.17, 15) is 9.59 Å². The molecule has 5 heteroatoms. The van der Waals surface area contributed by atoms with Crippen molar-refractivity contribution in [2.45, 2.75) is 19.9 Å². The van der Waals surface area contributed by atoms with Gasteiger partial charge in [0.2, 0.25) is 5.91 Å². The standard InChI is InChI=1S/C8H16N2O3/c1-4-9-5-7(11)10-6(2)8(12)13-3/h6,9H,4-5H2,1-3H3,(H,10,11)/t6-/m0/s1. The highest BCUT2D eigenvalue weighted by atomic mass is 16.5. The van der Waals surface area contributed by atoms with Crippen molar-refractivity contribution in [2.24, 2.45) is 0 Å². The summed E-state index contributed by atoms with van der Waals surface area (Å²) in [4.78, 5) is 21.9. The van der Waals surface area contributed by atoms with E-state index >= 15 is 0 Å². The van der Waals surface area contributed by atoms with Gasteiger partial charge in [-0.2, -0.15) is 0 Å². The molecule has 76 valence electrons. The van der Waals surface area contributed by atoms with Crippen molar-refractivity contribution >= 4 is 11.9 Å². The fourth-order valence-corrected chi connectivity index (χ4v) is 0.767. The zero-order valence-corrected chi connectivity index (χ0v) is 8.22. The topological polar surface area (TPSA) is 67.4 Å². The molecule has 0 aromatic heterocycles. The molecule has 0 spiro atoms. The van der Waals surface area contributed by atoms with Crippen molar-refractivity contribution in [3.05, 3.63) is 0 Å². The molecule has 2 N–H and O–H groups in total. The molecule has 13 heavy (non-hydrogen) atoms. The molecule has 0 aromatic rings. The molecule has 1 amide bonds. The van der Waals surface area contributed by atoms with Gasteiger partial charge in [0.05, 0.1) is 13.7 Å². The summed E-state index contributed by atoms with van der Waals surface area (Å²) in [5.41, 5.74) is 0. The Balaban J connectivity index is 3.71. The molecule has 0 aliphatic rings. The molecule has 5 nitrogen and oxygen atoms in total. The lowest BCUT2D eigenvalue weighted by Crippen LogP contribution is -2.43. The molecule has 0 saturated heterocycles. The van der Waals surface area contributed by atoms with E-state index in [1.54, 1.807) is 6.92 Å². The number of amides is 1. The van der Waals surface area contributed by atoms with Crippen LogP contribution in [0.25, 0.3) is 0 Å². The molecule has 0 aromatic carbocycles. The first-order valence-electron chi connectivity index (χ1n) is 4.19. The van der Waals surface area contributed by atoms with Gasteiger partial charge in [-0.05, 0) is 13.5 Å². The Morgan fingerprint density at radius 1 is 1.46 bits per heavy atom. The van der Waals surface area contributed by atoms with E-state index < -0.39 is 12.0 Å². The van der Waals surface area contributed by atoms with Gasteiger partial charge in [-0.25, -0.2) is 4.79 Å². The zero-order chi connectivity index (χ0) is 10.3. The second-order valence-electron chi connectivity index (χ2n) is 2.59. The van der Waals surface area contributed by atoms with E-state index in [-0.39, 0.29) is 12.5 Å². The Bertz CT molecular complexity index is 182. The van der Waals surface area contributed by atoms with E-state index in [1.807, 2.05) is 6.92 Å². The first-order valence-corrected chi connectivity index (χ1v) is 4.19. The average molecular weight is 188 g/mol. The summed E-state index contributed by atoms with van der Waals surface area (Å²) in [6.45, 7) is 4.42. The Labute approximate surface area is 77.8 Å². The van der Waals surface area contributed by atoms with Gasteiger partial charge in [-0.15, -0.1) is 0 Å². The van der Waals surface area contributed by atoms with E-state index in [4.69, 9.17) is 0 Å². The van der Waals surface area contributed by atoms with Crippen molar-refractivity contribution in [1.29, 1.82) is 0 Å². The van der Waals surface area contributed by atoms with Crippen LogP contribution in [0.2, 0.25) is 0 Å². The number of ether oxygens (including phenoxy) is 1. The molecule has 0 aliphatic heterocycles. The molecule has 0 radical (unpaired) electrons. The van der Waals surface area contributed by atoms with Gasteiger partial charge in [-0.1, -0.05) is 6.92 Å². The van der Waals surface area contributed by atoms with Crippen LogP contribution in [-0.4, -0.2) is 38.1 Å². The lowest BCUT2D eigenvalue weighted by molar-refractivity contribution is -0.144. The van der Waals surface area contributed by atoms with E-state index in [2.05, 4.69) is 15.4 Å². The summed E-state index contributed by atoms with van der Waals surface area (Å²) >= 11 is 0. The number of hydrogen-bond acceptors (Lipinski definition) is 4. The van der Waals surface area contributed by atoms with Crippen LogP contribution in [0.3, 0.4) is 0 Å². The van der Waals surface area contributed by atoms with Gasteiger partial charge in [0.15, 0.2) is 0 Å². The lowest BCUT2D eigenvalue weighted by atomic mass is 10.3. The summed E-state index contributed by atoms with van der Waals surface area (Å²) < 4.78 is 4.44. The second kappa shape index (κ2) is 6.42. The minimum atomic E-state index is -0.587. The summed E-state index contributed by atoms with van der Waals surface area (Å²) in [6.07, 6.45) is 0. The normalized spacial score (nSPS) is 11.9. The summed E-state index contributed by atoms with van der Waals surface area (Å²) in [5.74, 6) is -0.649. The molecule has 0 rings (SSSR count). The van der Waals surface area contributed by atoms with Crippen LogP contribution in [0.1, 0.15) is 13.8 Å². The van der Waals surface area contributed by atoms with Crippen LogP contribution in [0.5, 0.6) is 0 Å². The zero-order valence-electron chi connectivity index (χ0n) is 8.22. The van der Waals surface area contributed by atoms with Crippen molar-refractivity contribution in [1.82, 2.24) is 10.6 Å². The third-order valence-corrected chi connectivity index (χ3v) is 1.47. The van der Waals surface area contributed by atoms with Crippen molar-refractivity contribution in [2.75, 3.05) is 20.2 Å². The van der Waals surface area contributed by atoms with Crippen molar-refractivity contribution in [3.63, 3.8) is 0 Å². The molecule has 0 saturated carbocycles. The number of rotatable bonds is 5. The summed E-state index contributed by atoms with van der Waals surface area (Å²) in [7, 11) is 1.29. The predicted octanol–water partition coefficient (Wildman–Crippen LogP) is -0.726. The summed E-state index contributed by atoms with van der Waals surface area (Å²) in [5, 5.41) is 5.34. The van der Waals surface area contributed by atoms with Gasteiger partial charge >= 0.3 is 5.97 Å². The highest BCUT2D eigenvalue weighted by molar-refractivity contribution is 5.85. The highest BCUT2D eigenvalue weighted by Crippen LogP contribution is 1.84. The molecule has 1 atom stereocenters. The maximum atomic E-state index is 11.1. The van der Waals surface area contributed by atoms with Crippen LogP contribution in [0.15, 0.2) is 0 Å². The van der Waals surface area contributed by atoms with E-state index in [1.165, 1.54) is 7.11 Å². The molecular formula is C8H16N2O3. The van der Waals surface area contributed by atoms with Gasteiger partial charge in [0.25, 0.3) is 0 Å². The Morgan fingerprint density at radius 2 is 2.08 bits per heavy atom. The number of carbonyl (C=O) groups excluding carboxylic acids is 2. The molecule has 0 unspecified atom stereocenters. The van der Waals surface area contributed by atoms with Crippen LogP contribution < -0.4 is 10.6 Å². The van der Waals surface area contributed by atoms with Gasteiger partial charge in [0.1, 0.15) is 6.04 Å². The second-order valence-corrected chi connectivity index (χ2v) is 2.59. The van der Waals surface area contributed by atoms with E-state index in [0.29, 0.717) is 0 Å². The SMILES string of the molecule is CCNCC(=O)N[C@@H](C)C(=O)OC. The number of nitrogens with one attached hydrogen (secondary N) is 2. The Morgan fingerprint density at radius 3 is 2.54 bits per heavy atom. The smallest absolute Gasteiger partial charge is 0.328 e. The Kier molecular flexibility index (Phi) is 5.88. The fraction of sp³-hybridized carbons (Fsp3) is 0.750. The predicted molar refractivity (Wildman–Crippen MR) is 48.2 cm³/mol. The third-order valence-electron chi connectivity index (χ3n) is 1.47. The van der Waals surface area contributed by atoms with Crippen molar-refractivity contribution in [3.8, 4) is 0 Å². The first-order chi connectivity index (χ1) is 6.11. The monoisotopic (exact) mass is 188 g/mol. The summed E-state index contributed by atoms with van der Waals surface area (Å²) in [6, 6.07) is -0.587. The van der Waals surface area contributed by atoms with Gasteiger partial charge in [-0.3, -0.25) is 4.79 Å². The lowest BCUT2D eigenvalue weighted by Gasteiger charge is -2.11. The molecule has 0 fully saturated rings. The third kappa shape index (κ3) is 5.19. The highest BCUT2D eigenvalue weighted by Gasteiger charge is 2.14.